The Morgan fingerprint density at radius 2 is 2.18 bits per heavy atom. The lowest BCUT2D eigenvalue weighted by molar-refractivity contribution is 0.0955. The van der Waals surface area contributed by atoms with Crippen LogP contribution in [0.3, 0.4) is 0 Å². The lowest BCUT2D eigenvalue weighted by Gasteiger charge is -2.08. The van der Waals surface area contributed by atoms with Gasteiger partial charge in [0.05, 0.1) is 12.8 Å². The maximum absolute atomic E-state index is 11.8. The first-order valence-corrected chi connectivity index (χ1v) is 7.58. The molecule has 0 unspecified atom stereocenters. The predicted molar refractivity (Wildman–Crippen MR) is 91.3 cm³/mol. The molecule has 0 saturated heterocycles. The molecule has 0 fully saturated rings. The monoisotopic (exact) mass is 411 g/mol. The Bertz CT molecular complexity index is 690. The zero-order chi connectivity index (χ0) is 15.9. The van der Waals surface area contributed by atoms with E-state index in [9.17, 15) is 9.90 Å². The highest BCUT2D eigenvalue weighted by molar-refractivity contribution is 14.1. The number of ether oxygens (including phenoxy) is 1. The van der Waals surface area contributed by atoms with E-state index in [-0.39, 0.29) is 11.7 Å². The summed E-state index contributed by atoms with van der Waals surface area (Å²) in [6.45, 7) is 2.28. The number of hydrazone groups is 1. The minimum Gasteiger partial charge on any atom is -0.504 e. The molecule has 114 valence electrons. The molecule has 0 spiro atoms. The highest BCUT2D eigenvalue weighted by Gasteiger charge is 2.09. The van der Waals surface area contributed by atoms with Crippen LogP contribution in [0.1, 0.15) is 22.8 Å². The molecule has 0 atom stereocenters. The number of halogens is 1. The number of rotatable bonds is 5. The number of nitrogens with zero attached hydrogens (tertiary/aromatic N) is 2. The van der Waals surface area contributed by atoms with Crippen LogP contribution in [0, 0.1) is 3.57 Å². The second-order valence-corrected chi connectivity index (χ2v) is 5.46. The van der Waals surface area contributed by atoms with Gasteiger partial charge in [-0.05, 0) is 53.8 Å². The number of phenols is 1. The molecule has 7 heteroatoms. The third-order valence-electron chi connectivity index (χ3n) is 2.68. The first-order chi connectivity index (χ1) is 10.6. The Hall–Kier alpha value is -2.16. The van der Waals surface area contributed by atoms with Crippen molar-refractivity contribution in [2.24, 2.45) is 5.10 Å². The fourth-order valence-corrected chi connectivity index (χ4v) is 2.30. The first kappa shape index (κ1) is 16.2. The van der Waals surface area contributed by atoms with Gasteiger partial charge in [0, 0.05) is 27.1 Å². The largest absolute Gasteiger partial charge is 0.504 e. The van der Waals surface area contributed by atoms with Crippen LogP contribution >= 0.6 is 22.6 Å². The molecule has 1 aromatic heterocycles. The van der Waals surface area contributed by atoms with Gasteiger partial charge in [-0.15, -0.1) is 0 Å². The van der Waals surface area contributed by atoms with Gasteiger partial charge in [-0.1, -0.05) is 0 Å². The van der Waals surface area contributed by atoms with Crippen molar-refractivity contribution in [2.75, 3.05) is 6.61 Å². The van der Waals surface area contributed by atoms with Gasteiger partial charge < -0.3 is 9.84 Å². The van der Waals surface area contributed by atoms with Crippen molar-refractivity contribution in [3.8, 4) is 11.5 Å². The molecule has 0 bridgehead atoms. The number of hydrogen-bond donors (Lipinski definition) is 2. The molecule has 0 aliphatic heterocycles. The van der Waals surface area contributed by atoms with E-state index in [0.717, 1.165) is 3.57 Å². The average Bonchev–Trinajstić information content (AvgIpc) is 2.52. The Balaban J connectivity index is 2.12. The number of carbonyl (C=O) groups is 1. The smallest absolute Gasteiger partial charge is 0.271 e. The van der Waals surface area contributed by atoms with Crippen molar-refractivity contribution >= 4 is 34.7 Å². The molecule has 2 N–H and O–H groups in total. The number of benzene rings is 1. The molecule has 1 amide bonds. The summed E-state index contributed by atoms with van der Waals surface area (Å²) in [4.78, 5) is 15.7. The van der Waals surface area contributed by atoms with Gasteiger partial charge in [-0.25, -0.2) is 5.43 Å². The van der Waals surface area contributed by atoms with Crippen LogP contribution in [0.25, 0.3) is 0 Å². The number of aromatic hydroxyl groups is 1. The summed E-state index contributed by atoms with van der Waals surface area (Å²) in [5.74, 6) is 0.0225. The van der Waals surface area contributed by atoms with Crippen molar-refractivity contribution < 1.29 is 14.6 Å². The van der Waals surface area contributed by atoms with Gasteiger partial charge in [0.2, 0.25) is 0 Å². The number of phenolic OH excluding ortho intramolecular Hbond substituents is 1. The summed E-state index contributed by atoms with van der Waals surface area (Å²) in [5, 5.41) is 13.9. The maximum atomic E-state index is 11.8. The van der Waals surface area contributed by atoms with Crippen LogP contribution in [-0.4, -0.2) is 28.8 Å². The molecule has 0 radical (unpaired) electrons. The Labute approximate surface area is 141 Å². The van der Waals surface area contributed by atoms with Gasteiger partial charge >= 0.3 is 0 Å². The summed E-state index contributed by atoms with van der Waals surface area (Å²) in [6, 6.07) is 6.63. The van der Waals surface area contributed by atoms with E-state index in [1.54, 1.807) is 24.3 Å². The van der Waals surface area contributed by atoms with Crippen LogP contribution in [0.5, 0.6) is 11.5 Å². The van der Waals surface area contributed by atoms with Crippen LogP contribution in [-0.2, 0) is 0 Å². The predicted octanol–water partition coefficient (Wildman–Crippen LogP) is 2.55. The number of amides is 1. The Kier molecular flexibility index (Phi) is 5.70. The standard InChI is InChI=1S/C15H14IN3O3/c1-2-22-13-8-12(16)7-11(14(13)20)9-18-19-15(21)10-3-5-17-6-4-10/h3-9,20H,2H2,1H3,(H,19,21)/b18-9-. The lowest BCUT2D eigenvalue weighted by atomic mass is 10.2. The number of carbonyl (C=O) groups excluding carboxylic acids is 1. The minimum atomic E-state index is -0.353. The second kappa shape index (κ2) is 7.74. The van der Waals surface area contributed by atoms with Gasteiger partial charge in [0.15, 0.2) is 11.5 Å². The molecule has 1 aromatic carbocycles. The van der Waals surface area contributed by atoms with Crippen molar-refractivity contribution in [3.63, 3.8) is 0 Å². The van der Waals surface area contributed by atoms with E-state index < -0.39 is 0 Å². The second-order valence-electron chi connectivity index (χ2n) is 4.21. The van der Waals surface area contributed by atoms with Crippen molar-refractivity contribution in [3.05, 3.63) is 51.4 Å². The van der Waals surface area contributed by atoms with Gasteiger partial charge in [-0.3, -0.25) is 9.78 Å². The molecule has 0 aliphatic rings. The highest BCUT2D eigenvalue weighted by Crippen LogP contribution is 2.31. The molecule has 2 aromatic rings. The lowest BCUT2D eigenvalue weighted by Crippen LogP contribution is -2.17. The van der Waals surface area contributed by atoms with Crippen LogP contribution < -0.4 is 10.2 Å². The minimum absolute atomic E-state index is 0.0100. The number of nitrogens with one attached hydrogen (secondary N) is 1. The number of hydrogen-bond acceptors (Lipinski definition) is 5. The summed E-state index contributed by atoms with van der Waals surface area (Å²) < 4.78 is 6.23. The summed E-state index contributed by atoms with van der Waals surface area (Å²) >= 11 is 2.11. The van der Waals surface area contributed by atoms with Gasteiger partial charge in [-0.2, -0.15) is 5.10 Å². The van der Waals surface area contributed by atoms with Crippen molar-refractivity contribution in [1.82, 2.24) is 10.4 Å². The van der Waals surface area contributed by atoms with E-state index >= 15 is 0 Å². The van der Waals surface area contributed by atoms with E-state index in [4.69, 9.17) is 4.74 Å². The zero-order valence-corrected chi connectivity index (χ0v) is 13.9. The highest BCUT2D eigenvalue weighted by atomic mass is 127. The normalized spacial score (nSPS) is 10.6. The fraction of sp³-hybridized carbons (Fsp3) is 0.133. The Morgan fingerprint density at radius 3 is 2.86 bits per heavy atom. The topological polar surface area (TPSA) is 83.8 Å². The third kappa shape index (κ3) is 4.17. The third-order valence-corrected chi connectivity index (χ3v) is 3.30. The molecule has 0 saturated carbocycles. The first-order valence-electron chi connectivity index (χ1n) is 6.50. The number of pyridine rings is 1. The quantitative estimate of drug-likeness (QED) is 0.450. The van der Waals surface area contributed by atoms with E-state index in [2.05, 4.69) is 38.1 Å². The van der Waals surface area contributed by atoms with Crippen LogP contribution in [0.2, 0.25) is 0 Å². The maximum Gasteiger partial charge on any atom is 0.271 e. The summed E-state index contributed by atoms with van der Waals surface area (Å²) in [5.41, 5.74) is 3.31. The SMILES string of the molecule is CCOc1cc(I)cc(/C=N\NC(=O)c2ccncc2)c1O. The summed E-state index contributed by atoms with van der Waals surface area (Å²) in [7, 11) is 0. The van der Waals surface area contributed by atoms with Gasteiger partial charge in [0.1, 0.15) is 0 Å². The van der Waals surface area contributed by atoms with E-state index in [1.807, 2.05) is 6.92 Å². The zero-order valence-electron chi connectivity index (χ0n) is 11.8. The molecular formula is C15H14IN3O3. The molecule has 22 heavy (non-hydrogen) atoms. The van der Waals surface area contributed by atoms with E-state index in [1.165, 1.54) is 18.6 Å². The molecule has 2 rings (SSSR count). The fourth-order valence-electron chi connectivity index (χ4n) is 1.69. The number of aromatic nitrogens is 1. The average molecular weight is 411 g/mol. The molecule has 0 aliphatic carbocycles. The van der Waals surface area contributed by atoms with E-state index in [0.29, 0.717) is 23.5 Å². The summed E-state index contributed by atoms with van der Waals surface area (Å²) in [6.07, 6.45) is 4.43. The van der Waals surface area contributed by atoms with Crippen LogP contribution in [0.4, 0.5) is 0 Å². The van der Waals surface area contributed by atoms with Crippen molar-refractivity contribution in [1.29, 1.82) is 0 Å². The molecular weight excluding hydrogens is 397 g/mol. The van der Waals surface area contributed by atoms with Crippen molar-refractivity contribution in [2.45, 2.75) is 6.92 Å². The van der Waals surface area contributed by atoms with Gasteiger partial charge in [0.25, 0.3) is 5.91 Å². The van der Waals surface area contributed by atoms with Crippen LogP contribution in [0.15, 0.2) is 41.8 Å². The molecule has 6 nitrogen and oxygen atoms in total. The Morgan fingerprint density at radius 1 is 1.45 bits per heavy atom. The molecule has 1 heterocycles.